The van der Waals surface area contributed by atoms with E-state index in [2.05, 4.69) is 12.1 Å². The van der Waals surface area contributed by atoms with E-state index in [-0.39, 0.29) is 11.4 Å². The van der Waals surface area contributed by atoms with Crippen LogP contribution < -0.4 is 4.74 Å². The first-order chi connectivity index (χ1) is 9.17. The van der Waals surface area contributed by atoms with Crippen LogP contribution in [0.3, 0.4) is 0 Å². The molecule has 0 atom stereocenters. The quantitative estimate of drug-likeness (QED) is 0.718. The summed E-state index contributed by atoms with van der Waals surface area (Å²) in [7, 11) is 3.14. The van der Waals surface area contributed by atoms with Crippen LogP contribution in [0.2, 0.25) is 0 Å². The summed E-state index contributed by atoms with van der Waals surface area (Å²) in [6.07, 6.45) is 2.86. The third-order valence-corrected chi connectivity index (χ3v) is 4.87. The Labute approximate surface area is 118 Å². The van der Waals surface area contributed by atoms with Crippen molar-refractivity contribution in [1.82, 2.24) is 0 Å². The second-order valence-corrected chi connectivity index (χ2v) is 6.08. The second-order valence-electron chi connectivity index (χ2n) is 5.10. The van der Waals surface area contributed by atoms with Crippen LogP contribution in [0, 0.1) is 5.41 Å². The molecule has 1 aromatic rings. The molecule has 0 aromatic heterocycles. The summed E-state index contributed by atoms with van der Waals surface area (Å²) in [5.74, 6) is 2.80. The number of hydrogen-bond donors (Lipinski definition) is 0. The molecule has 1 fully saturated rings. The monoisotopic (exact) mass is 280 g/mol. The van der Waals surface area contributed by atoms with Gasteiger partial charge >= 0.3 is 5.97 Å². The van der Waals surface area contributed by atoms with E-state index in [1.54, 1.807) is 7.11 Å². The van der Waals surface area contributed by atoms with Crippen molar-refractivity contribution in [1.29, 1.82) is 0 Å². The lowest BCUT2D eigenvalue weighted by molar-refractivity contribution is -0.141. The van der Waals surface area contributed by atoms with Gasteiger partial charge < -0.3 is 9.47 Å². The minimum Gasteiger partial charge on any atom is -0.497 e. The average molecular weight is 280 g/mol. The molecule has 0 unspecified atom stereocenters. The molecule has 1 aliphatic carbocycles. The summed E-state index contributed by atoms with van der Waals surface area (Å²) in [6, 6.07) is 8.13. The van der Waals surface area contributed by atoms with Crippen LogP contribution in [0.25, 0.3) is 0 Å². The minimum absolute atomic E-state index is 0.0838. The van der Waals surface area contributed by atoms with Crippen molar-refractivity contribution in [2.75, 3.05) is 20.0 Å². The number of rotatable bonds is 7. The van der Waals surface area contributed by atoms with Gasteiger partial charge in [-0.3, -0.25) is 4.79 Å². The molecule has 0 spiro atoms. The zero-order valence-electron chi connectivity index (χ0n) is 11.5. The fourth-order valence-corrected chi connectivity index (χ4v) is 3.42. The number of thioether (sulfide) groups is 1. The zero-order valence-corrected chi connectivity index (χ0v) is 12.3. The van der Waals surface area contributed by atoms with Gasteiger partial charge in [0.05, 0.1) is 20.6 Å². The molecular weight excluding hydrogens is 260 g/mol. The third kappa shape index (κ3) is 4.16. The van der Waals surface area contributed by atoms with Crippen LogP contribution in [0.5, 0.6) is 5.75 Å². The average Bonchev–Trinajstić information content (AvgIpc) is 3.18. The van der Waals surface area contributed by atoms with Crippen molar-refractivity contribution in [3.8, 4) is 5.75 Å². The number of ether oxygens (including phenoxy) is 2. The van der Waals surface area contributed by atoms with E-state index < -0.39 is 0 Å². The predicted octanol–water partition coefficient (Wildman–Crippen LogP) is 3.27. The van der Waals surface area contributed by atoms with Crippen LogP contribution in [-0.4, -0.2) is 25.9 Å². The Bertz CT molecular complexity index is 441. The lowest BCUT2D eigenvalue weighted by Gasteiger charge is -2.13. The van der Waals surface area contributed by atoms with Gasteiger partial charge in [-0.15, -0.1) is 0 Å². The van der Waals surface area contributed by atoms with E-state index in [0.29, 0.717) is 6.42 Å². The Morgan fingerprint density at radius 3 is 2.79 bits per heavy atom. The molecule has 1 aromatic carbocycles. The van der Waals surface area contributed by atoms with Crippen molar-refractivity contribution < 1.29 is 14.3 Å². The maximum atomic E-state index is 11.3. The van der Waals surface area contributed by atoms with E-state index >= 15 is 0 Å². The molecule has 0 radical (unpaired) electrons. The molecule has 0 aliphatic heterocycles. The fraction of sp³-hybridized carbons (Fsp3) is 0.533. The Hall–Kier alpha value is -1.16. The minimum atomic E-state index is -0.0838. The number of benzene rings is 1. The van der Waals surface area contributed by atoms with E-state index in [1.807, 2.05) is 23.9 Å². The Morgan fingerprint density at radius 1 is 1.37 bits per heavy atom. The highest BCUT2D eigenvalue weighted by Crippen LogP contribution is 2.51. The molecule has 1 aliphatic rings. The summed E-state index contributed by atoms with van der Waals surface area (Å²) >= 11 is 1.88. The van der Waals surface area contributed by atoms with Gasteiger partial charge in [-0.25, -0.2) is 0 Å². The van der Waals surface area contributed by atoms with Crippen molar-refractivity contribution in [2.24, 2.45) is 5.41 Å². The summed E-state index contributed by atoms with van der Waals surface area (Å²) in [4.78, 5) is 11.3. The normalized spacial score (nSPS) is 15.9. The molecule has 1 saturated carbocycles. The standard InChI is InChI=1S/C15H20O3S/c1-17-13-5-3-4-12(8-13)10-19-11-15(6-7-15)9-14(16)18-2/h3-5,8H,6-7,9-11H2,1-2H3. The second kappa shape index (κ2) is 6.33. The highest BCUT2D eigenvalue weighted by atomic mass is 32.2. The molecule has 0 N–H and O–H groups in total. The van der Waals surface area contributed by atoms with Crippen molar-refractivity contribution >= 4 is 17.7 Å². The van der Waals surface area contributed by atoms with Crippen LogP contribution in [0.4, 0.5) is 0 Å². The molecule has 0 saturated heterocycles. The number of carbonyl (C=O) groups excluding carboxylic acids is 1. The molecule has 2 rings (SSSR count). The number of carbonyl (C=O) groups is 1. The zero-order chi connectivity index (χ0) is 13.7. The van der Waals surface area contributed by atoms with Gasteiger partial charge in [-0.05, 0) is 41.7 Å². The van der Waals surface area contributed by atoms with Crippen LogP contribution in [0.1, 0.15) is 24.8 Å². The summed E-state index contributed by atoms with van der Waals surface area (Å²) < 4.78 is 9.97. The third-order valence-electron chi connectivity index (χ3n) is 3.52. The topological polar surface area (TPSA) is 35.5 Å². The van der Waals surface area contributed by atoms with Gasteiger partial charge in [-0.2, -0.15) is 11.8 Å². The van der Waals surface area contributed by atoms with Crippen LogP contribution in [0.15, 0.2) is 24.3 Å². The Balaban J connectivity index is 1.78. The molecule has 19 heavy (non-hydrogen) atoms. The number of esters is 1. The smallest absolute Gasteiger partial charge is 0.306 e. The first-order valence-electron chi connectivity index (χ1n) is 6.45. The Kier molecular flexibility index (Phi) is 4.75. The molecule has 4 heteroatoms. The van der Waals surface area contributed by atoms with Crippen molar-refractivity contribution in [3.05, 3.63) is 29.8 Å². The van der Waals surface area contributed by atoms with Gasteiger partial charge in [0.1, 0.15) is 5.75 Å². The number of methoxy groups -OCH3 is 2. The molecule has 3 nitrogen and oxygen atoms in total. The van der Waals surface area contributed by atoms with Gasteiger partial charge in [0.2, 0.25) is 0 Å². The van der Waals surface area contributed by atoms with Crippen molar-refractivity contribution in [3.63, 3.8) is 0 Å². The molecule has 104 valence electrons. The lowest BCUT2D eigenvalue weighted by atomic mass is 10.1. The molecule has 0 amide bonds. The maximum Gasteiger partial charge on any atom is 0.306 e. The number of hydrogen-bond acceptors (Lipinski definition) is 4. The molecular formula is C15H20O3S. The van der Waals surface area contributed by atoms with Crippen LogP contribution in [-0.2, 0) is 15.3 Å². The first kappa shape index (κ1) is 14.3. The summed E-state index contributed by atoms with van der Waals surface area (Å²) in [6.45, 7) is 0. The fourth-order valence-electron chi connectivity index (χ4n) is 2.07. The lowest BCUT2D eigenvalue weighted by Crippen LogP contribution is -2.13. The van der Waals surface area contributed by atoms with E-state index in [0.717, 1.165) is 30.1 Å². The van der Waals surface area contributed by atoms with Crippen molar-refractivity contribution in [2.45, 2.75) is 25.0 Å². The highest BCUT2D eigenvalue weighted by molar-refractivity contribution is 7.98. The predicted molar refractivity (Wildman–Crippen MR) is 77.5 cm³/mol. The largest absolute Gasteiger partial charge is 0.497 e. The Morgan fingerprint density at radius 2 is 2.16 bits per heavy atom. The van der Waals surface area contributed by atoms with E-state index in [9.17, 15) is 4.79 Å². The van der Waals surface area contributed by atoms with Gasteiger partial charge in [0, 0.05) is 5.75 Å². The maximum absolute atomic E-state index is 11.3. The van der Waals surface area contributed by atoms with Gasteiger partial charge in [0.25, 0.3) is 0 Å². The highest BCUT2D eigenvalue weighted by Gasteiger charge is 2.44. The van der Waals surface area contributed by atoms with Gasteiger partial charge in [0.15, 0.2) is 0 Å². The van der Waals surface area contributed by atoms with E-state index in [4.69, 9.17) is 9.47 Å². The molecule has 0 bridgehead atoms. The summed E-state index contributed by atoms with van der Waals surface area (Å²) in [5.41, 5.74) is 1.47. The summed E-state index contributed by atoms with van der Waals surface area (Å²) in [5, 5.41) is 0. The molecule has 0 heterocycles. The van der Waals surface area contributed by atoms with Crippen LogP contribution >= 0.6 is 11.8 Å². The van der Waals surface area contributed by atoms with Gasteiger partial charge in [-0.1, -0.05) is 12.1 Å². The first-order valence-corrected chi connectivity index (χ1v) is 7.60. The SMILES string of the molecule is COC(=O)CC1(CSCc2cccc(OC)c2)CC1. The van der Waals surface area contributed by atoms with E-state index in [1.165, 1.54) is 12.7 Å².